The number of rotatable bonds is 11. The molecule has 0 amide bonds. The van der Waals surface area contributed by atoms with Crippen molar-refractivity contribution in [3.63, 3.8) is 0 Å². The van der Waals surface area contributed by atoms with E-state index in [1.807, 2.05) is 6.92 Å². The second-order valence-electron chi connectivity index (χ2n) is 24.1. The summed E-state index contributed by atoms with van der Waals surface area (Å²) in [6.45, 7) is 8.12. The molecule has 0 aromatic heterocycles. The molecule has 33 unspecified atom stereocenters. The van der Waals surface area contributed by atoms with Crippen LogP contribution in [0.15, 0.2) is 11.6 Å². The van der Waals surface area contributed by atoms with Gasteiger partial charge in [0.2, 0.25) is 0 Å². The van der Waals surface area contributed by atoms with E-state index in [2.05, 4.69) is 26.8 Å². The van der Waals surface area contributed by atoms with Crippen LogP contribution in [-0.2, 0) is 47.4 Å². The molecule has 75 heavy (non-hydrogen) atoms. The summed E-state index contributed by atoms with van der Waals surface area (Å²) in [4.78, 5) is 0. The largest absolute Gasteiger partial charge is 0.394 e. The quantitative estimate of drug-likeness (QED) is 0.0877. The van der Waals surface area contributed by atoms with E-state index in [1.54, 1.807) is 0 Å². The van der Waals surface area contributed by atoms with Crippen LogP contribution in [0.2, 0.25) is 0 Å². The molecule has 0 bridgehead atoms. The normalized spacial score (nSPS) is 57.9. The number of ether oxygens (including phenoxy) is 10. The molecule has 6 heterocycles. The Kier molecular flexibility index (Phi) is 16.4. The van der Waals surface area contributed by atoms with Crippen molar-refractivity contribution in [1.82, 2.24) is 0 Å². The van der Waals surface area contributed by atoms with Crippen molar-refractivity contribution in [1.29, 1.82) is 0 Å². The molecule has 24 heteroatoms. The minimum absolute atomic E-state index is 0.00679. The zero-order chi connectivity index (χ0) is 54.0. The van der Waals surface area contributed by atoms with Crippen LogP contribution in [0.4, 0.5) is 0 Å². The zero-order valence-corrected chi connectivity index (χ0v) is 43.0. The molecule has 430 valence electrons. The molecule has 6 saturated heterocycles. The number of hydrogen-bond acceptors (Lipinski definition) is 24. The molecule has 0 aromatic rings. The molecule has 14 N–H and O–H groups in total. The van der Waals surface area contributed by atoms with E-state index in [0.717, 1.165) is 18.4 Å². The molecule has 1 spiro atoms. The molecule has 10 rings (SSSR count). The predicted molar refractivity (Wildman–Crippen MR) is 250 cm³/mol. The third kappa shape index (κ3) is 9.42. The minimum Gasteiger partial charge on any atom is -0.394 e. The van der Waals surface area contributed by atoms with E-state index in [0.29, 0.717) is 38.7 Å². The maximum absolute atomic E-state index is 12.4. The summed E-state index contributed by atoms with van der Waals surface area (Å²) in [6, 6.07) is 0. The summed E-state index contributed by atoms with van der Waals surface area (Å²) in [7, 11) is 0. The van der Waals surface area contributed by atoms with E-state index in [9.17, 15) is 71.5 Å². The molecule has 24 nitrogen and oxygen atoms in total. The van der Waals surface area contributed by atoms with Crippen molar-refractivity contribution in [2.75, 3.05) is 26.4 Å². The molecule has 3 saturated carbocycles. The third-order valence-corrected chi connectivity index (χ3v) is 19.8. The molecular weight excluding hydrogens is 997 g/mol. The second-order valence-corrected chi connectivity index (χ2v) is 24.1. The van der Waals surface area contributed by atoms with Gasteiger partial charge in [-0.25, -0.2) is 0 Å². The number of aliphatic hydroxyl groups is 14. The maximum atomic E-state index is 12.4. The zero-order valence-electron chi connectivity index (χ0n) is 43.0. The highest BCUT2D eigenvalue weighted by atomic mass is 16.8. The van der Waals surface area contributed by atoms with Gasteiger partial charge >= 0.3 is 0 Å². The highest BCUT2D eigenvalue weighted by Crippen LogP contribution is 2.71. The summed E-state index contributed by atoms with van der Waals surface area (Å²) in [5.41, 5.74) is 0.638. The smallest absolute Gasteiger partial charge is 0.197 e. The van der Waals surface area contributed by atoms with Crippen LogP contribution in [0.25, 0.3) is 0 Å². The Bertz CT molecular complexity index is 2000. The van der Waals surface area contributed by atoms with Gasteiger partial charge in [0, 0.05) is 11.8 Å². The summed E-state index contributed by atoms with van der Waals surface area (Å²) in [5, 5.41) is 153. The van der Waals surface area contributed by atoms with Crippen molar-refractivity contribution in [3.05, 3.63) is 11.6 Å². The highest BCUT2D eigenvalue weighted by molar-refractivity contribution is 5.28. The summed E-state index contributed by atoms with van der Waals surface area (Å²) < 4.78 is 61.6. The lowest BCUT2D eigenvalue weighted by Crippen LogP contribution is -2.68. The Morgan fingerprint density at radius 3 is 1.80 bits per heavy atom. The van der Waals surface area contributed by atoms with E-state index < -0.39 is 173 Å². The fourth-order valence-electron chi connectivity index (χ4n) is 15.7. The molecule has 10 aliphatic rings. The predicted octanol–water partition coefficient (Wildman–Crippen LogP) is -4.02. The molecule has 33 atom stereocenters. The van der Waals surface area contributed by atoms with E-state index >= 15 is 0 Å². The van der Waals surface area contributed by atoms with Gasteiger partial charge in [-0.15, -0.1) is 0 Å². The number of hydrogen-bond donors (Lipinski definition) is 14. The molecule has 0 radical (unpaired) electrons. The average molecular weight is 1080 g/mol. The first-order chi connectivity index (χ1) is 35.5. The summed E-state index contributed by atoms with van der Waals surface area (Å²) in [6.07, 6.45) is -29.8. The van der Waals surface area contributed by atoms with Crippen LogP contribution in [-0.4, -0.2) is 251 Å². The molecule has 0 aromatic carbocycles. The molecular formula is C51H82O24. The third-order valence-electron chi connectivity index (χ3n) is 19.8. The Hall–Kier alpha value is -1.22. The van der Waals surface area contributed by atoms with E-state index in [1.165, 1.54) is 6.92 Å². The first-order valence-corrected chi connectivity index (χ1v) is 27.1. The Morgan fingerprint density at radius 1 is 0.573 bits per heavy atom. The minimum atomic E-state index is -1.98. The maximum Gasteiger partial charge on any atom is 0.197 e. The topological polar surface area (TPSA) is 376 Å². The van der Waals surface area contributed by atoms with Crippen LogP contribution in [0.3, 0.4) is 0 Å². The van der Waals surface area contributed by atoms with Gasteiger partial charge in [0.15, 0.2) is 30.9 Å². The lowest BCUT2D eigenvalue weighted by atomic mass is 9.46. The van der Waals surface area contributed by atoms with Crippen LogP contribution < -0.4 is 0 Å². The van der Waals surface area contributed by atoms with Crippen molar-refractivity contribution in [2.24, 2.45) is 46.3 Å². The lowest BCUT2D eigenvalue weighted by molar-refractivity contribution is -0.401. The van der Waals surface area contributed by atoms with Gasteiger partial charge in [0.25, 0.3) is 0 Å². The first-order valence-electron chi connectivity index (χ1n) is 27.1. The van der Waals surface area contributed by atoms with Crippen LogP contribution >= 0.6 is 0 Å². The fourth-order valence-corrected chi connectivity index (χ4v) is 15.7. The van der Waals surface area contributed by atoms with Gasteiger partial charge in [-0.1, -0.05) is 39.3 Å². The Labute approximate surface area is 434 Å². The van der Waals surface area contributed by atoms with E-state index in [4.69, 9.17) is 47.4 Å². The van der Waals surface area contributed by atoms with Crippen LogP contribution in [0.5, 0.6) is 0 Å². The number of fused-ring (bicyclic) bond motifs is 7. The Balaban J connectivity index is 0.881. The monoisotopic (exact) mass is 1080 g/mol. The van der Waals surface area contributed by atoms with Gasteiger partial charge < -0.3 is 119 Å². The highest BCUT2D eigenvalue weighted by Gasteiger charge is 2.73. The molecule has 6 aliphatic heterocycles. The van der Waals surface area contributed by atoms with Gasteiger partial charge in [-0.05, 0) is 86.4 Å². The van der Waals surface area contributed by atoms with Gasteiger partial charge in [0.1, 0.15) is 97.7 Å². The van der Waals surface area contributed by atoms with Crippen LogP contribution in [0.1, 0.15) is 79.6 Å². The lowest BCUT2D eigenvalue weighted by Gasteiger charge is -2.59. The SMILES string of the molecule is CC1COC2(OC3C(O)C4C5CC=C6CC(OC7OC(CO)C(OC8OC(CO)C(O)C(O)C8OC8OC(CO)C(O)C(O)C8O)C(O)C7OC7OC(C)C(O)C(O)C7O)CCC6(C)C5CCC4(C)C3C2C)C(O)C1. The van der Waals surface area contributed by atoms with Gasteiger partial charge in [-0.3, -0.25) is 0 Å². The van der Waals surface area contributed by atoms with Crippen molar-refractivity contribution < 1.29 is 119 Å². The van der Waals surface area contributed by atoms with Gasteiger partial charge in [-0.2, -0.15) is 0 Å². The Morgan fingerprint density at radius 2 is 1.15 bits per heavy atom. The number of aliphatic hydroxyl groups excluding tert-OH is 14. The molecule has 4 aliphatic carbocycles. The van der Waals surface area contributed by atoms with Crippen molar-refractivity contribution in [3.8, 4) is 0 Å². The van der Waals surface area contributed by atoms with Crippen LogP contribution in [0, 0.1) is 46.3 Å². The number of allylic oxidation sites excluding steroid dienone is 1. The van der Waals surface area contributed by atoms with Gasteiger partial charge in [0.05, 0.1) is 50.8 Å². The average Bonchev–Trinajstić information content (AvgIpc) is 3.88. The van der Waals surface area contributed by atoms with Crippen molar-refractivity contribution in [2.45, 2.75) is 233 Å². The standard InChI is InChI=1S/C51H82O24/c1-18-12-28(55)51(66-17-18)19(2)29-42(75-51)34(59)30-23-7-6-21-13-22(8-10-49(21,4)24(23)9-11-50(29,30)5)68-47-44(74-45-38(63)35(60)31(56)20(3)67-45)40(65)41(27(16-54)71-47)72-48-43(37(62)33(58)26(15-53)70-48)73-46-39(64)36(61)32(57)25(14-52)69-46/h6,18-20,22-48,52-65H,7-17H2,1-5H3. The summed E-state index contributed by atoms with van der Waals surface area (Å²) >= 11 is 0. The van der Waals surface area contributed by atoms with Crippen molar-refractivity contribution >= 4 is 0 Å². The first kappa shape index (κ1) is 57.0. The van der Waals surface area contributed by atoms with E-state index in [-0.39, 0.29) is 46.3 Å². The molecule has 9 fully saturated rings. The summed E-state index contributed by atoms with van der Waals surface area (Å²) in [5.74, 6) is -0.754. The second kappa shape index (κ2) is 21.6. The fraction of sp³-hybridized carbons (Fsp3) is 0.961.